The summed E-state index contributed by atoms with van der Waals surface area (Å²) in [6.45, 7) is 0. The Labute approximate surface area is 152 Å². The Balaban J connectivity index is 1.90. The van der Waals surface area contributed by atoms with Gasteiger partial charge in [-0.3, -0.25) is 9.78 Å². The summed E-state index contributed by atoms with van der Waals surface area (Å²) >= 11 is 0. The number of alkyl halides is 3. The number of pyridine rings is 1. The molecule has 27 heavy (non-hydrogen) atoms. The Kier molecular flexibility index (Phi) is 4.88. The van der Waals surface area contributed by atoms with Crippen molar-refractivity contribution in [1.29, 1.82) is 0 Å². The maximum absolute atomic E-state index is 13.5. The number of aromatic nitrogens is 1. The number of hydrogen-bond acceptors (Lipinski definition) is 5. The Morgan fingerprint density at radius 3 is 2.56 bits per heavy atom. The number of benzene rings is 1. The van der Waals surface area contributed by atoms with Gasteiger partial charge in [-0.25, -0.2) is 0 Å². The molecular formula is C18H16F3N3O3. The van der Waals surface area contributed by atoms with E-state index >= 15 is 0 Å². The fourth-order valence-electron chi connectivity index (χ4n) is 2.72. The molecule has 1 atom stereocenters. The molecular weight excluding hydrogens is 363 g/mol. The lowest BCUT2D eigenvalue weighted by Crippen LogP contribution is -2.57. The molecule has 142 valence electrons. The molecule has 3 rings (SSSR count). The van der Waals surface area contributed by atoms with Crippen LogP contribution >= 0.6 is 0 Å². The topological polar surface area (TPSA) is 75.0 Å². The quantitative estimate of drug-likeness (QED) is 0.886. The molecule has 1 aliphatic rings. The van der Waals surface area contributed by atoms with Gasteiger partial charge in [-0.2, -0.15) is 23.3 Å². The highest BCUT2D eigenvalue weighted by Crippen LogP contribution is 2.41. The third-order valence-corrected chi connectivity index (χ3v) is 4.18. The average Bonchev–Trinajstić information content (AvgIpc) is 3.02. The highest BCUT2D eigenvalue weighted by molar-refractivity contribution is 6.03. The summed E-state index contributed by atoms with van der Waals surface area (Å²) in [5.74, 6) is -0.421. The molecule has 0 spiro atoms. The van der Waals surface area contributed by atoms with Gasteiger partial charge in [-0.1, -0.05) is 18.2 Å². The van der Waals surface area contributed by atoms with E-state index < -0.39 is 24.2 Å². The molecule has 0 saturated carbocycles. The SMILES string of the molecule is COc1ccc(CC(=O)N2N=C(c3cccnc3)C[C@]2(O)C(F)(F)F)cc1. The molecule has 1 amide bonds. The molecule has 9 heteroatoms. The number of carbonyl (C=O) groups is 1. The predicted octanol–water partition coefficient (Wildman–Crippen LogP) is 2.52. The maximum atomic E-state index is 13.5. The van der Waals surface area contributed by atoms with Crippen LogP contribution in [0, 0.1) is 0 Å². The fraction of sp³-hybridized carbons (Fsp3) is 0.278. The molecule has 0 unspecified atom stereocenters. The first-order valence-electron chi connectivity index (χ1n) is 7.97. The molecule has 0 fully saturated rings. The van der Waals surface area contributed by atoms with Gasteiger partial charge in [0.1, 0.15) is 5.75 Å². The van der Waals surface area contributed by atoms with Crippen LogP contribution in [0.2, 0.25) is 0 Å². The molecule has 0 bridgehead atoms. The van der Waals surface area contributed by atoms with E-state index in [9.17, 15) is 23.1 Å². The predicted molar refractivity (Wildman–Crippen MR) is 89.9 cm³/mol. The van der Waals surface area contributed by atoms with Crippen LogP contribution in [0.3, 0.4) is 0 Å². The van der Waals surface area contributed by atoms with Crippen molar-refractivity contribution in [3.8, 4) is 5.75 Å². The highest BCUT2D eigenvalue weighted by atomic mass is 19.4. The molecule has 1 aromatic heterocycles. The number of hydrazone groups is 1. The molecule has 0 aliphatic carbocycles. The van der Waals surface area contributed by atoms with Crippen LogP contribution in [0.15, 0.2) is 53.9 Å². The Bertz CT molecular complexity index is 854. The second-order valence-electron chi connectivity index (χ2n) is 6.01. The summed E-state index contributed by atoms with van der Waals surface area (Å²) in [5.41, 5.74) is -2.69. The van der Waals surface area contributed by atoms with Crippen LogP contribution in [0.4, 0.5) is 13.2 Å². The van der Waals surface area contributed by atoms with E-state index in [2.05, 4.69) is 10.1 Å². The fourth-order valence-corrected chi connectivity index (χ4v) is 2.72. The second kappa shape index (κ2) is 6.99. The Hall–Kier alpha value is -2.94. The van der Waals surface area contributed by atoms with E-state index in [4.69, 9.17) is 4.74 Å². The molecule has 1 aliphatic heterocycles. The minimum Gasteiger partial charge on any atom is -0.497 e. The zero-order valence-corrected chi connectivity index (χ0v) is 14.3. The van der Waals surface area contributed by atoms with Crippen molar-refractivity contribution in [2.75, 3.05) is 7.11 Å². The zero-order valence-electron chi connectivity index (χ0n) is 14.3. The molecule has 6 nitrogen and oxygen atoms in total. The average molecular weight is 379 g/mol. The number of halogens is 3. The lowest BCUT2D eigenvalue weighted by molar-refractivity contribution is -0.302. The molecule has 2 aromatic rings. The van der Waals surface area contributed by atoms with Crippen molar-refractivity contribution in [2.24, 2.45) is 5.10 Å². The van der Waals surface area contributed by atoms with Crippen molar-refractivity contribution in [3.63, 3.8) is 0 Å². The minimum atomic E-state index is -5.07. The molecule has 0 radical (unpaired) electrons. The summed E-state index contributed by atoms with van der Waals surface area (Å²) in [6.07, 6.45) is -3.51. The summed E-state index contributed by atoms with van der Waals surface area (Å²) in [6, 6.07) is 9.35. The van der Waals surface area contributed by atoms with Crippen LogP contribution in [-0.4, -0.2) is 45.7 Å². The number of methoxy groups -OCH3 is 1. The largest absolute Gasteiger partial charge is 0.497 e. The summed E-state index contributed by atoms with van der Waals surface area (Å²) in [7, 11) is 1.47. The minimum absolute atomic E-state index is 0.0639. The van der Waals surface area contributed by atoms with E-state index in [1.807, 2.05) is 0 Å². The Morgan fingerprint density at radius 2 is 2.00 bits per heavy atom. The Morgan fingerprint density at radius 1 is 1.30 bits per heavy atom. The van der Waals surface area contributed by atoms with E-state index in [-0.39, 0.29) is 17.1 Å². The first-order chi connectivity index (χ1) is 12.7. The maximum Gasteiger partial charge on any atom is 0.438 e. The molecule has 1 N–H and O–H groups in total. The van der Waals surface area contributed by atoms with Gasteiger partial charge < -0.3 is 9.84 Å². The summed E-state index contributed by atoms with van der Waals surface area (Å²) in [5, 5.41) is 14.2. The molecule has 0 saturated heterocycles. The number of aliphatic hydroxyl groups is 1. The van der Waals surface area contributed by atoms with Gasteiger partial charge in [0.05, 0.1) is 25.7 Å². The van der Waals surface area contributed by atoms with Gasteiger partial charge in [0.25, 0.3) is 5.72 Å². The van der Waals surface area contributed by atoms with Crippen LogP contribution in [0.25, 0.3) is 0 Å². The van der Waals surface area contributed by atoms with Crippen LogP contribution in [-0.2, 0) is 11.2 Å². The van der Waals surface area contributed by atoms with Crippen LogP contribution < -0.4 is 4.74 Å². The number of rotatable bonds is 4. The number of ether oxygens (including phenoxy) is 1. The van der Waals surface area contributed by atoms with Crippen LogP contribution in [0.5, 0.6) is 5.75 Å². The highest BCUT2D eigenvalue weighted by Gasteiger charge is 2.63. The van der Waals surface area contributed by atoms with Crippen molar-refractivity contribution >= 4 is 11.6 Å². The number of carbonyl (C=O) groups excluding carboxylic acids is 1. The first kappa shape index (κ1) is 18.8. The number of hydrogen-bond donors (Lipinski definition) is 1. The number of amides is 1. The smallest absolute Gasteiger partial charge is 0.438 e. The summed E-state index contributed by atoms with van der Waals surface area (Å²) in [4.78, 5) is 16.4. The third-order valence-electron chi connectivity index (χ3n) is 4.18. The standard InChI is InChI=1S/C18H16F3N3O3/c1-27-14-6-4-12(5-7-14)9-16(25)24-17(26,18(19,20)21)10-15(23-24)13-3-2-8-22-11-13/h2-8,11,26H,9-10H2,1H3/t17-/m0/s1. The normalized spacial score (nSPS) is 19.7. The van der Waals surface area contributed by atoms with Gasteiger partial charge in [0.2, 0.25) is 5.91 Å². The van der Waals surface area contributed by atoms with Gasteiger partial charge >= 0.3 is 6.18 Å². The van der Waals surface area contributed by atoms with E-state index in [1.165, 1.54) is 31.6 Å². The van der Waals surface area contributed by atoms with Gasteiger partial charge in [0.15, 0.2) is 0 Å². The van der Waals surface area contributed by atoms with E-state index in [0.29, 0.717) is 16.9 Å². The first-order valence-corrected chi connectivity index (χ1v) is 7.97. The van der Waals surface area contributed by atoms with E-state index in [1.54, 1.807) is 24.3 Å². The summed E-state index contributed by atoms with van der Waals surface area (Å²) < 4.78 is 45.6. The van der Waals surface area contributed by atoms with Gasteiger partial charge in [0, 0.05) is 18.0 Å². The number of nitrogens with zero attached hydrogens (tertiary/aromatic N) is 3. The third kappa shape index (κ3) is 3.63. The zero-order chi connectivity index (χ0) is 19.7. The van der Waals surface area contributed by atoms with E-state index in [0.717, 1.165) is 0 Å². The van der Waals surface area contributed by atoms with Gasteiger partial charge in [-0.15, -0.1) is 0 Å². The van der Waals surface area contributed by atoms with Crippen molar-refractivity contribution in [3.05, 3.63) is 59.9 Å². The van der Waals surface area contributed by atoms with Gasteiger partial charge in [-0.05, 0) is 23.8 Å². The van der Waals surface area contributed by atoms with Crippen LogP contribution in [0.1, 0.15) is 17.5 Å². The molecule has 2 heterocycles. The molecule has 1 aromatic carbocycles. The lowest BCUT2D eigenvalue weighted by atomic mass is 10.0. The second-order valence-corrected chi connectivity index (χ2v) is 6.01. The van der Waals surface area contributed by atoms with Crippen molar-refractivity contribution in [1.82, 2.24) is 9.99 Å². The lowest BCUT2D eigenvalue weighted by Gasteiger charge is -2.32. The monoisotopic (exact) mass is 379 g/mol. The van der Waals surface area contributed by atoms with Crippen molar-refractivity contribution in [2.45, 2.75) is 24.7 Å². The van der Waals surface area contributed by atoms with Crippen molar-refractivity contribution < 1.29 is 27.8 Å².